The van der Waals surface area contributed by atoms with Gasteiger partial charge in [-0.15, -0.1) is 0 Å². The number of carbonyl (C=O) groups excluding carboxylic acids is 1. The van der Waals surface area contributed by atoms with Gasteiger partial charge in [-0.2, -0.15) is 0 Å². The molecule has 0 aromatic carbocycles. The zero-order valence-corrected chi connectivity index (χ0v) is 11.5. The number of hydrogen-bond donors (Lipinski definition) is 2. The summed E-state index contributed by atoms with van der Waals surface area (Å²) in [6.07, 6.45) is 1.73. The fourth-order valence-electron chi connectivity index (χ4n) is 1.57. The Balaban J connectivity index is 2.85. The Kier molecular flexibility index (Phi) is 6.38. The monoisotopic (exact) mass is 282 g/mol. The molecule has 1 heterocycles. The molecule has 0 aliphatic heterocycles. The number of hydrogen-bond acceptors (Lipinski definition) is 6. The van der Waals surface area contributed by atoms with E-state index >= 15 is 0 Å². The number of amides is 1. The normalized spacial score (nSPS) is 10.1. The van der Waals surface area contributed by atoms with Gasteiger partial charge in [0.2, 0.25) is 0 Å². The van der Waals surface area contributed by atoms with E-state index in [9.17, 15) is 14.9 Å². The first-order valence-corrected chi connectivity index (χ1v) is 6.25. The van der Waals surface area contributed by atoms with Crippen LogP contribution in [0, 0.1) is 10.1 Å². The number of nitro groups is 1. The van der Waals surface area contributed by atoms with Gasteiger partial charge in [0, 0.05) is 32.9 Å². The molecule has 0 saturated heterocycles. The second-order valence-electron chi connectivity index (χ2n) is 3.98. The molecule has 1 rings (SSSR count). The number of methoxy groups -OCH3 is 1. The third kappa shape index (κ3) is 4.47. The highest BCUT2D eigenvalue weighted by Gasteiger charge is 2.21. The van der Waals surface area contributed by atoms with E-state index in [1.807, 2.05) is 6.92 Å². The molecule has 0 spiro atoms. The second kappa shape index (κ2) is 8.05. The summed E-state index contributed by atoms with van der Waals surface area (Å²) < 4.78 is 4.86. The lowest BCUT2D eigenvalue weighted by Crippen LogP contribution is -2.26. The van der Waals surface area contributed by atoms with E-state index in [1.165, 1.54) is 6.07 Å². The Bertz CT molecular complexity index is 479. The van der Waals surface area contributed by atoms with E-state index < -0.39 is 10.8 Å². The van der Waals surface area contributed by atoms with Crippen LogP contribution < -0.4 is 10.6 Å². The van der Waals surface area contributed by atoms with E-state index in [4.69, 9.17) is 4.74 Å². The number of rotatable bonds is 8. The van der Waals surface area contributed by atoms with Crippen molar-refractivity contribution in [3.63, 3.8) is 0 Å². The molecule has 0 aliphatic carbocycles. The standard InChI is InChI=1S/C12H18N4O4/c1-3-13-11-7-9(10(8-15-11)16(18)19)12(17)14-5-4-6-20-2/h7-8H,3-6H2,1-2H3,(H,13,15)(H,14,17). The van der Waals surface area contributed by atoms with E-state index in [2.05, 4.69) is 15.6 Å². The van der Waals surface area contributed by atoms with Crippen LogP contribution in [0.4, 0.5) is 11.5 Å². The number of carbonyl (C=O) groups is 1. The fraction of sp³-hybridized carbons (Fsp3) is 0.500. The molecule has 20 heavy (non-hydrogen) atoms. The Hall–Kier alpha value is -2.22. The van der Waals surface area contributed by atoms with Gasteiger partial charge in [0.05, 0.1) is 4.92 Å². The maximum absolute atomic E-state index is 12.0. The Morgan fingerprint density at radius 1 is 1.55 bits per heavy atom. The third-order valence-corrected chi connectivity index (χ3v) is 2.49. The third-order valence-electron chi connectivity index (χ3n) is 2.49. The van der Waals surface area contributed by atoms with E-state index in [1.54, 1.807) is 7.11 Å². The first kappa shape index (κ1) is 15.8. The van der Waals surface area contributed by atoms with Gasteiger partial charge in [-0.1, -0.05) is 0 Å². The molecular formula is C12H18N4O4. The predicted molar refractivity (Wildman–Crippen MR) is 73.9 cm³/mol. The average molecular weight is 282 g/mol. The predicted octanol–water partition coefficient (Wildman–Crippen LogP) is 1.19. The number of nitrogens with one attached hydrogen (secondary N) is 2. The Labute approximate surface area is 116 Å². The van der Waals surface area contributed by atoms with Crippen molar-refractivity contribution < 1.29 is 14.5 Å². The minimum Gasteiger partial charge on any atom is -0.385 e. The quantitative estimate of drug-likeness (QED) is 0.421. The molecule has 0 fully saturated rings. The molecule has 1 aromatic rings. The topological polar surface area (TPSA) is 106 Å². The minimum absolute atomic E-state index is 0.00151. The van der Waals surface area contributed by atoms with Crippen LogP contribution in [0.3, 0.4) is 0 Å². The number of nitrogens with zero attached hydrogens (tertiary/aromatic N) is 2. The molecular weight excluding hydrogens is 264 g/mol. The lowest BCUT2D eigenvalue weighted by Gasteiger charge is -2.07. The summed E-state index contributed by atoms with van der Waals surface area (Å²) in [5.41, 5.74) is -0.311. The van der Waals surface area contributed by atoms with Gasteiger partial charge >= 0.3 is 0 Å². The highest BCUT2D eigenvalue weighted by atomic mass is 16.6. The lowest BCUT2D eigenvalue weighted by atomic mass is 10.2. The molecule has 110 valence electrons. The largest absolute Gasteiger partial charge is 0.385 e. The summed E-state index contributed by atoms with van der Waals surface area (Å²) in [6.45, 7) is 3.39. The van der Waals surface area contributed by atoms with Crippen LogP contribution in [0.5, 0.6) is 0 Å². The van der Waals surface area contributed by atoms with Crippen LogP contribution in [0.2, 0.25) is 0 Å². The van der Waals surface area contributed by atoms with Crippen molar-refractivity contribution in [1.82, 2.24) is 10.3 Å². The Morgan fingerprint density at radius 3 is 2.90 bits per heavy atom. The number of pyridine rings is 1. The van der Waals surface area contributed by atoms with Crippen molar-refractivity contribution >= 4 is 17.4 Å². The first-order chi connectivity index (χ1) is 9.60. The van der Waals surface area contributed by atoms with Crippen LogP contribution in [0.1, 0.15) is 23.7 Å². The van der Waals surface area contributed by atoms with Crippen LogP contribution in [-0.2, 0) is 4.74 Å². The molecule has 8 heteroatoms. The number of anilines is 1. The van der Waals surface area contributed by atoms with Crippen molar-refractivity contribution in [3.8, 4) is 0 Å². The molecule has 0 saturated carbocycles. The summed E-state index contributed by atoms with van der Waals surface area (Å²) in [6, 6.07) is 1.38. The fourth-order valence-corrected chi connectivity index (χ4v) is 1.57. The summed E-state index contributed by atoms with van der Waals surface area (Å²) in [4.78, 5) is 26.2. The molecule has 1 amide bonds. The molecule has 0 unspecified atom stereocenters. The second-order valence-corrected chi connectivity index (χ2v) is 3.98. The maximum atomic E-state index is 12.0. The summed E-state index contributed by atoms with van der Waals surface area (Å²) in [5, 5.41) is 16.4. The van der Waals surface area contributed by atoms with E-state index in [0.29, 0.717) is 31.9 Å². The van der Waals surface area contributed by atoms with Crippen LogP contribution in [0.25, 0.3) is 0 Å². The maximum Gasteiger partial charge on any atom is 0.300 e. The van der Waals surface area contributed by atoms with Crippen molar-refractivity contribution in [3.05, 3.63) is 27.9 Å². The smallest absolute Gasteiger partial charge is 0.300 e. The van der Waals surface area contributed by atoms with Gasteiger partial charge in [0.1, 0.15) is 17.6 Å². The van der Waals surface area contributed by atoms with Gasteiger partial charge in [-0.05, 0) is 13.3 Å². The average Bonchev–Trinajstić information content (AvgIpc) is 2.43. The van der Waals surface area contributed by atoms with Gasteiger partial charge in [0.15, 0.2) is 0 Å². The van der Waals surface area contributed by atoms with E-state index in [-0.39, 0.29) is 11.3 Å². The number of aromatic nitrogens is 1. The first-order valence-electron chi connectivity index (χ1n) is 6.25. The van der Waals surface area contributed by atoms with Gasteiger partial charge in [-0.3, -0.25) is 14.9 Å². The van der Waals surface area contributed by atoms with Crippen LogP contribution >= 0.6 is 0 Å². The van der Waals surface area contributed by atoms with Crippen LogP contribution in [-0.4, -0.2) is 42.6 Å². The summed E-state index contributed by atoms with van der Waals surface area (Å²) in [5.74, 6) is -0.0607. The summed E-state index contributed by atoms with van der Waals surface area (Å²) in [7, 11) is 1.57. The summed E-state index contributed by atoms with van der Waals surface area (Å²) >= 11 is 0. The van der Waals surface area contributed by atoms with E-state index in [0.717, 1.165) is 6.20 Å². The van der Waals surface area contributed by atoms with Crippen LogP contribution in [0.15, 0.2) is 12.3 Å². The van der Waals surface area contributed by atoms with Crippen molar-refractivity contribution in [2.24, 2.45) is 0 Å². The van der Waals surface area contributed by atoms with Gasteiger partial charge in [0.25, 0.3) is 11.6 Å². The molecule has 0 aliphatic rings. The molecule has 1 aromatic heterocycles. The zero-order chi connectivity index (χ0) is 15.0. The van der Waals surface area contributed by atoms with Crippen molar-refractivity contribution in [2.45, 2.75) is 13.3 Å². The van der Waals surface area contributed by atoms with Crippen molar-refractivity contribution in [2.75, 3.05) is 32.1 Å². The minimum atomic E-state index is -0.618. The SMILES string of the molecule is CCNc1cc(C(=O)NCCCOC)c([N+](=O)[O-])cn1. The van der Waals surface area contributed by atoms with Crippen molar-refractivity contribution in [1.29, 1.82) is 0 Å². The lowest BCUT2D eigenvalue weighted by molar-refractivity contribution is -0.385. The molecule has 0 atom stereocenters. The zero-order valence-electron chi connectivity index (χ0n) is 11.5. The Morgan fingerprint density at radius 2 is 2.30 bits per heavy atom. The molecule has 0 radical (unpaired) electrons. The number of ether oxygens (including phenoxy) is 1. The van der Waals surface area contributed by atoms with Gasteiger partial charge < -0.3 is 15.4 Å². The molecule has 8 nitrogen and oxygen atoms in total. The molecule has 0 bridgehead atoms. The van der Waals surface area contributed by atoms with Gasteiger partial charge in [-0.25, -0.2) is 4.98 Å². The highest BCUT2D eigenvalue weighted by molar-refractivity contribution is 5.98. The molecule has 2 N–H and O–H groups in total. The highest BCUT2D eigenvalue weighted by Crippen LogP contribution is 2.20.